The van der Waals surface area contributed by atoms with Gasteiger partial charge in [-0.15, -0.1) is 0 Å². The number of nitrogens with zero attached hydrogens (tertiary/aromatic N) is 1. The SMILES string of the molecule is CCC(CCO)NCc1ccc(Cl)c2cccnc12. The normalized spacial score (nSPS) is 12.8. The fourth-order valence-electron chi connectivity index (χ4n) is 2.20. The second kappa shape index (κ2) is 6.85. The number of rotatable bonds is 6. The summed E-state index contributed by atoms with van der Waals surface area (Å²) in [5.41, 5.74) is 2.08. The zero-order valence-electron chi connectivity index (χ0n) is 11.1. The molecule has 2 N–H and O–H groups in total. The molecule has 0 radical (unpaired) electrons. The van der Waals surface area contributed by atoms with Crippen molar-refractivity contribution in [3.63, 3.8) is 0 Å². The van der Waals surface area contributed by atoms with Gasteiger partial charge in [0.15, 0.2) is 0 Å². The topological polar surface area (TPSA) is 45.1 Å². The third-order valence-corrected chi connectivity index (χ3v) is 3.68. The number of fused-ring (bicyclic) bond motifs is 1. The van der Waals surface area contributed by atoms with Crippen LogP contribution in [-0.2, 0) is 6.54 Å². The molecule has 19 heavy (non-hydrogen) atoms. The van der Waals surface area contributed by atoms with Crippen LogP contribution in [0.25, 0.3) is 10.9 Å². The standard InChI is InChI=1S/C15H19ClN2O/c1-2-12(7-9-19)18-10-11-5-6-14(16)13-4-3-8-17-15(11)13/h3-6,8,12,18-19H,2,7,9-10H2,1H3. The average Bonchev–Trinajstić information content (AvgIpc) is 2.45. The summed E-state index contributed by atoms with van der Waals surface area (Å²) >= 11 is 6.18. The van der Waals surface area contributed by atoms with Crippen LogP contribution in [0.4, 0.5) is 0 Å². The molecule has 1 aromatic carbocycles. The molecule has 0 bridgehead atoms. The summed E-state index contributed by atoms with van der Waals surface area (Å²) in [4.78, 5) is 4.42. The van der Waals surface area contributed by atoms with E-state index in [4.69, 9.17) is 16.7 Å². The number of pyridine rings is 1. The van der Waals surface area contributed by atoms with Crippen molar-refractivity contribution in [1.29, 1.82) is 0 Å². The Kier molecular flexibility index (Phi) is 5.14. The van der Waals surface area contributed by atoms with Gasteiger partial charge in [-0.25, -0.2) is 0 Å². The minimum atomic E-state index is 0.213. The molecule has 2 aromatic rings. The first-order chi connectivity index (χ1) is 9.26. The Bertz CT molecular complexity index is 545. The lowest BCUT2D eigenvalue weighted by molar-refractivity contribution is 0.262. The molecule has 2 rings (SSSR count). The van der Waals surface area contributed by atoms with Gasteiger partial charge in [0, 0.05) is 35.8 Å². The second-order valence-electron chi connectivity index (χ2n) is 4.60. The van der Waals surface area contributed by atoms with Crippen molar-refractivity contribution >= 4 is 22.5 Å². The first kappa shape index (κ1) is 14.3. The van der Waals surface area contributed by atoms with Crippen LogP contribution in [0.2, 0.25) is 5.02 Å². The highest BCUT2D eigenvalue weighted by molar-refractivity contribution is 6.35. The van der Waals surface area contributed by atoms with Crippen molar-refractivity contribution in [1.82, 2.24) is 10.3 Å². The summed E-state index contributed by atoms with van der Waals surface area (Å²) < 4.78 is 0. The minimum Gasteiger partial charge on any atom is -0.396 e. The van der Waals surface area contributed by atoms with Gasteiger partial charge in [-0.2, -0.15) is 0 Å². The van der Waals surface area contributed by atoms with E-state index in [0.717, 1.165) is 40.9 Å². The third kappa shape index (κ3) is 3.44. The van der Waals surface area contributed by atoms with E-state index in [1.807, 2.05) is 24.3 Å². The van der Waals surface area contributed by atoms with Gasteiger partial charge in [0.2, 0.25) is 0 Å². The summed E-state index contributed by atoms with van der Waals surface area (Å²) in [6, 6.07) is 8.14. The maximum absolute atomic E-state index is 9.00. The summed E-state index contributed by atoms with van der Waals surface area (Å²) in [5.74, 6) is 0. The molecule has 3 nitrogen and oxygen atoms in total. The van der Waals surface area contributed by atoms with E-state index in [-0.39, 0.29) is 6.61 Å². The molecule has 0 fully saturated rings. The Morgan fingerprint density at radius 2 is 2.21 bits per heavy atom. The van der Waals surface area contributed by atoms with Gasteiger partial charge in [-0.3, -0.25) is 4.98 Å². The number of benzene rings is 1. The van der Waals surface area contributed by atoms with E-state index in [9.17, 15) is 0 Å². The van der Waals surface area contributed by atoms with Crippen LogP contribution in [0, 0.1) is 0 Å². The zero-order chi connectivity index (χ0) is 13.7. The fraction of sp³-hybridized carbons (Fsp3) is 0.400. The van der Waals surface area contributed by atoms with Crippen LogP contribution in [-0.4, -0.2) is 22.7 Å². The smallest absolute Gasteiger partial charge is 0.0761 e. The summed E-state index contributed by atoms with van der Waals surface area (Å²) in [5, 5.41) is 14.2. The number of aliphatic hydroxyl groups excluding tert-OH is 1. The number of aliphatic hydroxyl groups is 1. The van der Waals surface area contributed by atoms with Gasteiger partial charge < -0.3 is 10.4 Å². The van der Waals surface area contributed by atoms with Crippen molar-refractivity contribution in [2.75, 3.05) is 6.61 Å². The average molecular weight is 279 g/mol. The predicted molar refractivity (Wildman–Crippen MR) is 79.4 cm³/mol. The molecule has 1 unspecified atom stereocenters. The number of hydrogen-bond acceptors (Lipinski definition) is 3. The van der Waals surface area contributed by atoms with Gasteiger partial charge >= 0.3 is 0 Å². The van der Waals surface area contributed by atoms with Crippen LogP contribution in [0.5, 0.6) is 0 Å². The Balaban J connectivity index is 2.19. The molecule has 102 valence electrons. The highest BCUT2D eigenvalue weighted by atomic mass is 35.5. The molecule has 1 heterocycles. The highest BCUT2D eigenvalue weighted by Crippen LogP contribution is 2.24. The van der Waals surface area contributed by atoms with E-state index in [2.05, 4.69) is 17.2 Å². The molecule has 0 amide bonds. The van der Waals surface area contributed by atoms with E-state index < -0.39 is 0 Å². The third-order valence-electron chi connectivity index (χ3n) is 3.35. The van der Waals surface area contributed by atoms with Crippen LogP contribution in [0.1, 0.15) is 25.3 Å². The minimum absolute atomic E-state index is 0.213. The molecule has 0 aliphatic carbocycles. The fourth-order valence-corrected chi connectivity index (χ4v) is 2.42. The maximum Gasteiger partial charge on any atom is 0.0761 e. The molecule has 0 saturated carbocycles. The molecule has 1 aromatic heterocycles. The van der Waals surface area contributed by atoms with Gasteiger partial charge in [0.1, 0.15) is 0 Å². The van der Waals surface area contributed by atoms with Crippen molar-refractivity contribution in [2.24, 2.45) is 0 Å². The van der Waals surface area contributed by atoms with Crippen molar-refractivity contribution < 1.29 is 5.11 Å². The van der Waals surface area contributed by atoms with E-state index in [0.29, 0.717) is 6.04 Å². The zero-order valence-corrected chi connectivity index (χ0v) is 11.8. The van der Waals surface area contributed by atoms with Gasteiger partial charge in [0.25, 0.3) is 0 Å². The lowest BCUT2D eigenvalue weighted by Gasteiger charge is -2.16. The van der Waals surface area contributed by atoms with Crippen molar-refractivity contribution in [3.05, 3.63) is 41.0 Å². The van der Waals surface area contributed by atoms with Crippen molar-refractivity contribution in [3.8, 4) is 0 Å². The van der Waals surface area contributed by atoms with Gasteiger partial charge in [0.05, 0.1) is 5.52 Å². The molecule has 1 atom stereocenters. The predicted octanol–water partition coefficient (Wildman–Crippen LogP) is 3.14. The van der Waals surface area contributed by atoms with Crippen LogP contribution >= 0.6 is 11.6 Å². The largest absolute Gasteiger partial charge is 0.396 e. The monoisotopic (exact) mass is 278 g/mol. The Hall–Kier alpha value is -1.16. The molecule has 0 spiro atoms. The van der Waals surface area contributed by atoms with Crippen LogP contribution in [0.15, 0.2) is 30.5 Å². The Labute approximate surface area is 118 Å². The first-order valence-corrected chi connectivity index (χ1v) is 7.00. The molecule has 0 aliphatic rings. The number of nitrogens with one attached hydrogen (secondary N) is 1. The Morgan fingerprint density at radius 1 is 1.37 bits per heavy atom. The van der Waals surface area contributed by atoms with E-state index >= 15 is 0 Å². The maximum atomic E-state index is 9.00. The summed E-state index contributed by atoms with van der Waals surface area (Å²) in [6.07, 6.45) is 3.56. The number of halogens is 1. The van der Waals surface area contributed by atoms with Crippen molar-refractivity contribution in [2.45, 2.75) is 32.4 Å². The second-order valence-corrected chi connectivity index (χ2v) is 5.01. The summed E-state index contributed by atoms with van der Waals surface area (Å²) in [6.45, 7) is 3.07. The van der Waals surface area contributed by atoms with E-state index in [1.165, 1.54) is 0 Å². The lowest BCUT2D eigenvalue weighted by Crippen LogP contribution is -2.28. The number of aromatic nitrogens is 1. The molecular formula is C15H19ClN2O. The molecule has 0 aliphatic heterocycles. The van der Waals surface area contributed by atoms with E-state index in [1.54, 1.807) is 6.20 Å². The Morgan fingerprint density at radius 3 is 2.95 bits per heavy atom. The number of hydrogen-bond donors (Lipinski definition) is 2. The first-order valence-electron chi connectivity index (χ1n) is 6.62. The summed E-state index contributed by atoms with van der Waals surface area (Å²) in [7, 11) is 0. The van der Waals surface area contributed by atoms with Gasteiger partial charge in [-0.05, 0) is 36.6 Å². The molecule has 0 saturated heterocycles. The highest BCUT2D eigenvalue weighted by Gasteiger charge is 2.08. The van der Waals surface area contributed by atoms with Crippen LogP contribution < -0.4 is 5.32 Å². The molecular weight excluding hydrogens is 260 g/mol. The molecule has 4 heteroatoms. The van der Waals surface area contributed by atoms with Gasteiger partial charge in [-0.1, -0.05) is 24.6 Å². The quantitative estimate of drug-likeness (QED) is 0.853. The van der Waals surface area contributed by atoms with Crippen LogP contribution in [0.3, 0.4) is 0 Å². The lowest BCUT2D eigenvalue weighted by atomic mass is 10.1.